The Hall–Kier alpha value is -0.930. The first-order valence-electron chi connectivity index (χ1n) is 5.85. The van der Waals surface area contributed by atoms with E-state index in [0.29, 0.717) is 0 Å². The molecule has 2 N–H and O–H groups in total. The number of hydrogen-bond donors (Lipinski definition) is 1. The Morgan fingerprint density at radius 3 is 2.65 bits per heavy atom. The van der Waals surface area contributed by atoms with Crippen molar-refractivity contribution in [2.24, 2.45) is 5.73 Å². The van der Waals surface area contributed by atoms with Crippen LogP contribution in [0.4, 0.5) is 5.69 Å². The fourth-order valence-corrected chi connectivity index (χ4v) is 1.88. The Bertz CT molecular complexity index is 369. The molecule has 0 saturated carbocycles. The fraction of sp³-hybridized carbons (Fsp3) is 0.538. The van der Waals surface area contributed by atoms with Crippen LogP contribution in [0.15, 0.2) is 12.1 Å². The van der Waals surface area contributed by atoms with Crippen LogP contribution < -0.4 is 15.4 Å². The maximum absolute atomic E-state index is 6.08. The standard InChI is InChI=1S/C13H21ClN2O/c1-10-8-12(13(17-3)9-11(10)14)16(2)7-5-4-6-15/h8-9H,4-7,15H2,1-3H3. The third kappa shape index (κ3) is 3.79. The van der Waals surface area contributed by atoms with Crippen LogP contribution in [0.25, 0.3) is 0 Å². The molecule has 0 amide bonds. The lowest BCUT2D eigenvalue weighted by Gasteiger charge is -2.22. The average Bonchev–Trinajstić information content (AvgIpc) is 2.32. The van der Waals surface area contributed by atoms with E-state index >= 15 is 0 Å². The van der Waals surface area contributed by atoms with Gasteiger partial charge >= 0.3 is 0 Å². The zero-order valence-electron chi connectivity index (χ0n) is 10.8. The highest BCUT2D eigenvalue weighted by Gasteiger charge is 2.10. The minimum atomic E-state index is 0.737. The van der Waals surface area contributed by atoms with Crippen molar-refractivity contribution in [2.45, 2.75) is 19.8 Å². The minimum absolute atomic E-state index is 0.737. The van der Waals surface area contributed by atoms with E-state index < -0.39 is 0 Å². The molecule has 0 atom stereocenters. The summed E-state index contributed by atoms with van der Waals surface area (Å²) < 4.78 is 5.36. The molecule has 0 saturated heterocycles. The summed E-state index contributed by atoms with van der Waals surface area (Å²) in [4.78, 5) is 2.18. The van der Waals surface area contributed by atoms with Crippen molar-refractivity contribution in [3.05, 3.63) is 22.7 Å². The summed E-state index contributed by atoms with van der Waals surface area (Å²) in [6.45, 7) is 3.71. The molecule has 1 rings (SSSR count). The lowest BCUT2D eigenvalue weighted by atomic mass is 10.2. The second-order valence-electron chi connectivity index (χ2n) is 4.19. The van der Waals surface area contributed by atoms with Crippen molar-refractivity contribution >= 4 is 17.3 Å². The SMILES string of the molecule is COc1cc(Cl)c(C)cc1N(C)CCCCN. The van der Waals surface area contributed by atoms with Gasteiger partial charge in [-0.25, -0.2) is 0 Å². The van der Waals surface area contributed by atoms with E-state index in [2.05, 4.69) is 18.0 Å². The number of hydrogen-bond acceptors (Lipinski definition) is 3. The number of halogens is 1. The topological polar surface area (TPSA) is 38.5 Å². The van der Waals surface area contributed by atoms with Crippen LogP contribution in [0.2, 0.25) is 5.02 Å². The van der Waals surface area contributed by atoms with Crippen LogP contribution in [0, 0.1) is 6.92 Å². The molecule has 0 aliphatic carbocycles. The molecule has 17 heavy (non-hydrogen) atoms. The second kappa shape index (κ2) is 6.72. The maximum Gasteiger partial charge on any atom is 0.143 e. The van der Waals surface area contributed by atoms with Crippen LogP contribution in [0.3, 0.4) is 0 Å². The number of ether oxygens (including phenoxy) is 1. The smallest absolute Gasteiger partial charge is 0.143 e. The van der Waals surface area contributed by atoms with Gasteiger partial charge in [0.2, 0.25) is 0 Å². The van der Waals surface area contributed by atoms with E-state index in [0.717, 1.165) is 48.0 Å². The van der Waals surface area contributed by atoms with Gasteiger partial charge in [-0.05, 0) is 37.9 Å². The van der Waals surface area contributed by atoms with E-state index in [1.54, 1.807) is 7.11 Å². The Kier molecular flexibility index (Phi) is 5.59. The number of nitrogens with zero attached hydrogens (tertiary/aromatic N) is 1. The summed E-state index contributed by atoms with van der Waals surface area (Å²) in [6, 6.07) is 3.93. The molecular weight excluding hydrogens is 236 g/mol. The van der Waals surface area contributed by atoms with Crippen LogP contribution >= 0.6 is 11.6 Å². The molecule has 0 aromatic heterocycles. The number of unbranched alkanes of at least 4 members (excludes halogenated alkanes) is 1. The molecule has 0 unspecified atom stereocenters. The maximum atomic E-state index is 6.08. The van der Waals surface area contributed by atoms with Gasteiger partial charge in [0.05, 0.1) is 12.8 Å². The Labute approximate surface area is 109 Å². The second-order valence-corrected chi connectivity index (χ2v) is 4.60. The number of nitrogens with two attached hydrogens (primary N) is 1. The third-order valence-corrected chi connectivity index (χ3v) is 3.23. The van der Waals surface area contributed by atoms with Crippen molar-refractivity contribution in [2.75, 3.05) is 32.1 Å². The lowest BCUT2D eigenvalue weighted by Crippen LogP contribution is -2.20. The molecule has 3 nitrogen and oxygen atoms in total. The van der Waals surface area contributed by atoms with Crippen LogP contribution in [-0.4, -0.2) is 27.2 Å². The van der Waals surface area contributed by atoms with Gasteiger partial charge in [0.1, 0.15) is 5.75 Å². The van der Waals surface area contributed by atoms with Gasteiger partial charge in [0, 0.05) is 24.7 Å². The first-order valence-corrected chi connectivity index (χ1v) is 6.23. The predicted octanol–water partition coefficient (Wildman–Crippen LogP) is 2.83. The van der Waals surface area contributed by atoms with E-state index in [9.17, 15) is 0 Å². The number of benzene rings is 1. The molecule has 0 aliphatic rings. The van der Waals surface area contributed by atoms with E-state index in [1.165, 1.54) is 0 Å². The van der Waals surface area contributed by atoms with E-state index in [-0.39, 0.29) is 0 Å². The molecule has 96 valence electrons. The third-order valence-electron chi connectivity index (χ3n) is 2.82. The molecular formula is C13H21ClN2O. The van der Waals surface area contributed by atoms with Gasteiger partial charge < -0.3 is 15.4 Å². The first-order chi connectivity index (χ1) is 8.10. The highest BCUT2D eigenvalue weighted by Crippen LogP contribution is 2.33. The van der Waals surface area contributed by atoms with Crippen molar-refractivity contribution in [1.29, 1.82) is 0 Å². The van der Waals surface area contributed by atoms with Crippen molar-refractivity contribution < 1.29 is 4.74 Å². The summed E-state index contributed by atoms with van der Waals surface area (Å²) in [7, 11) is 3.72. The summed E-state index contributed by atoms with van der Waals surface area (Å²) in [5, 5.41) is 0.737. The number of anilines is 1. The Balaban J connectivity index is 2.84. The minimum Gasteiger partial charge on any atom is -0.495 e. The Morgan fingerprint density at radius 1 is 1.35 bits per heavy atom. The van der Waals surface area contributed by atoms with Gasteiger partial charge in [0.15, 0.2) is 0 Å². The van der Waals surface area contributed by atoms with E-state index in [4.69, 9.17) is 22.1 Å². The summed E-state index contributed by atoms with van der Waals surface area (Å²) in [5.41, 5.74) is 7.63. The van der Waals surface area contributed by atoms with Gasteiger partial charge in [-0.1, -0.05) is 11.6 Å². The number of methoxy groups -OCH3 is 1. The summed E-state index contributed by atoms with van der Waals surface area (Å²) >= 11 is 6.08. The van der Waals surface area contributed by atoms with Crippen LogP contribution in [0.1, 0.15) is 18.4 Å². The molecule has 0 fully saturated rings. The molecule has 0 radical (unpaired) electrons. The first kappa shape index (κ1) is 14.1. The predicted molar refractivity (Wildman–Crippen MR) is 74.3 cm³/mol. The molecule has 0 heterocycles. The highest BCUT2D eigenvalue weighted by atomic mass is 35.5. The zero-order valence-corrected chi connectivity index (χ0v) is 11.5. The van der Waals surface area contributed by atoms with E-state index in [1.807, 2.05) is 13.0 Å². The van der Waals surface area contributed by atoms with Gasteiger partial charge in [-0.15, -0.1) is 0 Å². The fourth-order valence-electron chi connectivity index (χ4n) is 1.72. The molecule has 0 spiro atoms. The molecule has 4 heteroatoms. The molecule has 0 bridgehead atoms. The summed E-state index contributed by atoms with van der Waals surface area (Å²) in [5.74, 6) is 0.816. The number of rotatable bonds is 6. The number of aryl methyl sites for hydroxylation is 1. The quantitative estimate of drug-likeness (QED) is 0.796. The zero-order chi connectivity index (χ0) is 12.8. The molecule has 1 aromatic carbocycles. The van der Waals surface area contributed by atoms with Gasteiger partial charge in [-0.2, -0.15) is 0 Å². The average molecular weight is 257 g/mol. The highest BCUT2D eigenvalue weighted by molar-refractivity contribution is 6.31. The largest absolute Gasteiger partial charge is 0.495 e. The van der Waals surface area contributed by atoms with Crippen LogP contribution in [0.5, 0.6) is 5.75 Å². The van der Waals surface area contributed by atoms with Gasteiger partial charge in [-0.3, -0.25) is 0 Å². The normalized spacial score (nSPS) is 10.4. The van der Waals surface area contributed by atoms with Gasteiger partial charge in [0.25, 0.3) is 0 Å². The monoisotopic (exact) mass is 256 g/mol. The lowest BCUT2D eigenvalue weighted by molar-refractivity contribution is 0.414. The van der Waals surface area contributed by atoms with Crippen LogP contribution in [-0.2, 0) is 0 Å². The van der Waals surface area contributed by atoms with Crippen molar-refractivity contribution in [1.82, 2.24) is 0 Å². The van der Waals surface area contributed by atoms with Crippen molar-refractivity contribution in [3.8, 4) is 5.75 Å². The molecule has 1 aromatic rings. The van der Waals surface area contributed by atoms with Crippen molar-refractivity contribution in [3.63, 3.8) is 0 Å². The Morgan fingerprint density at radius 2 is 2.06 bits per heavy atom. The molecule has 0 aliphatic heterocycles. The summed E-state index contributed by atoms with van der Waals surface area (Å²) in [6.07, 6.45) is 2.12.